The first kappa shape index (κ1) is 26.0. The van der Waals surface area contributed by atoms with Gasteiger partial charge in [-0.25, -0.2) is 4.39 Å². The lowest BCUT2D eigenvalue weighted by molar-refractivity contribution is 0.188. The van der Waals surface area contributed by atoms with Crippen LogP contribution in [0.2, 0.25) is 0 Å². The topological polar surface area (TPSA) is 55.3 Å². The zero-order chi connectivity index (χ0) is 25.5. The van der Waals surface area contributed by atoms with Crippen LogP contribution in [0, 0.1) is 17.1 Å². The Hall–Kier alpha value is -3.66. The van der Waals surface area contributed by atoms with Gasteiger partial charge < -0.3 is 14.6 Å². The highest BCUT2D eigenvalue weighted by Crippen LogP contribution is 2.45. The Morgan fingerprint density at radius 2 is 2.08 bits per heavy atom. The van der Waals surface area contributed by atoms with Crippen LogP contribution in [0.5, 0.6) is 5.75 Å². The number of H-pyrrole nitrogens is 1. The normalized spacial score (nSPS) is 22.7. The Labute approximate surface area is 221 Å². The summed E-state index contributed by atoms with van der Waals surface area (Å²) in [4.78, 5) is 8.00. The maximum absolute atomic E-state index is 15.9. The Morgan fingerprint density at radius 3 is 2.84 bits per heavy atom. The van der Waals surface area contributed by atoms with Gasteiger partial charge in [-0.2, -0.15) is 5.26 Å². The van der Waals surface area contributed by atoms with Crippen LogP contribution in [-0.4, -0.2) is 53.2 Å². The third-order valence-corrected chi connectivity index (χ3v) is 7.87. The zero-order valence-electron chi connectivity index (χ0n) is 21.3. The second-order valence-corrected chi connectivity index (χ2v) is 10.3. The Balaban J connectivity index is 0.00000176. The quantitative estimate of drug-likeness (QED) is 0.376. The molecule has 38 heavy (non-hydrogen) atoms. The predicted octanol–water partition coefficient (Wildman–Crippen LogP) is 6.19. The number of para-hydroxylation sites is 1. The van der Waals surface area contributed by atoms with Crippen LogP contribution < -0.4 is 4.74 Å². The molecule has 8 heteroatoms. The third kappa shape index (κ3) is 4.57. The van der Waals surface area contributed by atoms with Crippen molar-refractivity contribution in [3.63, 3.8) is 0 Å². The monoisotopic (exact) mass is 522 g/mol. The summed E-state index contributed by atoms with van der Waals surface area (Å²) in [6, 6.07) is 15.3. The van der Waals surface area contributed by atoms with Crippen molar-refractivity contribution in [2.45, 2.75) is 50.8 Å². The number of aromatic amines is 1. The molecular formula is C30H33F3N4O. The van der Waals surface area contributed by atoms with Crippen LogP contribution in [0.3, 0.4) is 0 Å². The zero-order valence-corrected chi connectivity index (χ0v) is 21.3. The van der Waals surface area contributed by atoms with Gasteiger partial charge in [-0.05, 0) is 49.9 Å². The number of aromatic nitrogens is 1. The lowest BCUT2D eigenvalue weighted by Gasteiger charge is -2.44. The predicted molar refractivity (Wildman–Crippen MR) is 143 cm³/mol. The molecule has 200 valence electrons. The molecule has 1 fully saturated rings. The fraction of sp³-hybridized carbons (Fsp3) is 0.400. The van der Waals surface area contributed by atoms with Crippen molar-refractivity contribution < 1.29 is 19.6 Å². The molecule has 2 aliphatic heterocycles. The Kier molecular flexibility index (Phi) is 7.25. The number of likely N-dealkylation sites (tertiary alicyclic amines) is 1. The number of nitrogens with zero attached hydrogens (tertiary/aromatic N) is 3. The molecule has 0 amide bonds. The van der Waals surface area contributed by atoms with Crippen molar-refractivity contribution in [2.24, 2.45) is 0 Å². The van der Waals surface area contributed by atoms with Crippen LogP contribution >= 0.6 is 0 Å². The highest BCUT2D eigenvalue weighted by molar-refractivity contribution is 5.85. The van der Waals surface area contributed by atoms with Gasteiger partial charge >= 0.3 is 0 Å². The second kappa shape index (κ2) is 10.6. The third-order valence-electron chi connectivity index (χ3n) is 7.87. The molecule has 0 radical (unpaired) electrons. The maximum atomic E-state index is 15.9. The summed E-state index contributed by atoms with van der Waals surface area (Å²) in [5, 5.41) is 10.4. The van der Waals surface area contributed by atoms with E-state index < -0.39 is 0 Å². The van der Waals surface area contributed by atoms with E-state index in [0.717, 1.165) is 49.4 Å². The Bertz CT molecular complexity index is 1460. The number of nitrogens with one attached hydrogen (secondary N) is 1. The number of benzene rings is 2. The number of hydrogen-bond donors (Lipinski definition) is 1. The van der Waals surface area contributed by atoms with Gasteiger partial charge in [0.15, 0.2) is 0 Å². The van der Waals surface area contributed by atoms with E-state index in [2.05, 4.69) is 45.6 Å². The average molecular weight is 523 g/mol. The van der Waals surface area contributed by atoms with Crippen molar-refractivity contribution in [1.29, 1.82) is 5.26 Å². The largest absolute Gasteiger partial charge is 0.489 e. The minimum Gasteiger partial charge on any atom is -0.489 e. The van der Waals surface area contributed by atoms with Gasteiger partial charge in [0, 0.05) is 61.8 Å². The van der Waals surface area contributed by atoms with E-state index >= 15 is 4.39 Å². The SMILES string of the molecule is C[C@@H]1Cc2c([nH]c3ccccc23)[C@@H](c2ccc(OC3CCN(CCCF)C3)cc2F)N1C1=C=C(C#N)C1.F.[HH]. The van der Waals surface area contributed by atoms with Crippen LogP contribution in [0.1, 0.15) is 50.5 Å². The molecule has 1 aromatic heterocycles. The summed E-state index contributed by atoms with van der Waals surface area (Å²) in [5.41, 5.74) is 8.59. The molecule has 1 aliphatic carbocycles. The lowest BCUT2D eigenvalue weighted by Crippen LogP contribution is -2.43. The first-order valence-electron chi connectivity index (χ1n) is 13.1. The smallest absolute Gasteiger partial charge is 0.132 e. The first-order chi connectivity index (χ1) is 18.1. The molecule has 5 nitrogen and oxygen atoms in total. The molecule has 2 aromatic carbocycles. The molecule has 3 atom stereocenters. The summed E-state index contributed by atoms with van der Waals surface area (Å²) >= 11 is 0. The van der Waals surface area contributed by atoms with Gasteiger partial charge in [-0.15, -0.1) is 0 Å². The van der Waals surface area contributed by atoms with E-state index in [-0.39, 0.29) is 36.8 Å². The van der Waals surface area contributed by atoms with Crippen molar-refractivity contribution in [1.82, 2.24) is 14.8 Å². The van der Waals surface area contributed by atoms with Crippen molar-refractivity contribution >= 4 is 10.9 Å². The molecule has 6 rings (SSSR count). The van der Waals surface area contributed by atoms with Gasteiger partial charge in [-0.3, -0.25) is 14.0 Å². The van der Waals surface area contributed by atoms with E-state index in [4.69, 9.17) is 4.74 Å². The van der Waals surface area contributed by atoms with Gasteiger partial charge in [0.1, 0.15) is 23.7 Å². The number of alkyl halides is 1. The molecule has 3 aliphatic rings. The Morgan fingerprint density at radius 1 is 1.26 bits per heavy atom. The van der Waals surface area contributed by atoms with E-state index in [1.54, 1.807) is 0 Å². The number of hydrogen-bond acceptors (Lipinski definition) is 4. The first-order valence-corrected chi connectivity index (χ1v) is 13.1. The number of nitriles is 1. The lowest BCUT2D eigenvalue weighted by atomic mass is 9.86. The molecule has 1 N–H and O–H groups in total. The highest BCUT2D eigenvalue weighted by Gasteiger charge is 2.39. The molecule has 3 heterocycles. The van der Waals surface area contributed by atoms with Crippen LogP contribution in [0.25, 0.3) is 10.9 Å². The highest BCUT2D eigenvalue weighted by atomic mass is 19.1. The summed E-state index contributed by atoms with van der Waals surface area (Å²) in [5.74, 6) is 0.197. The minimum atomic E-state index is -0.356. The van der Waals surface area contributed by atoms with Gasteiger partial charge in [0.2, 0.25) is 0 Å². The summed E-state index contributed by atoms with van der Waals surface area (Å²) in [6.07, 6.45) is 2.74. The van der Waals surface area contributed by atoms with E-state index in [9.17, 15) is 9.65 Å². The molecule has 0 bridgehead atoms. The van der Waals surface area contributed by atoms with Crippen LogP contribution in [0.4, 0.5) is 13.5 Å². The molecule has 1 unspecified atom stereocenters. The number of halogens is 3. The fourth-order valence-electron chi connectivity index (χ4n) is 6.11. The average Bonchev–Trinajstić information content (AvgIpc) is 3.47. The van der Waals surface area contributed by atoms with Crippen LogP contribution in [0.15, 0.2) is 59.5 Å². The van der Waals surface area contributed by atoms with Crippen molar-refractivity contribution in [3.8, 4) is 11.8 Å². The molecule has 1 saturated heterocycles. The summed E-state index contributed by atoms with van der Waals surface area (Å²) in [7, 11) is 0. The summed E-state index contributed by atoms with van der Waals surface area (Å²) < 4.78 is 34.5. The van der Waals surface area contributed by atoms with Crippen molar-refractivity contribution in [3.05, 3.63) is 82.1 Å². The van der Waals surface area contributed by atoms with Gasteiger partial charge in [-0.1, -0.05) is 23.9 Å². The fourth-order valence-corrected chi connectivity index (χ4v) is 6.11. The van der Waals surface area contributed by atoms with E-state index in [1.807, 2.05) is 24.3 Å². The number of rotatable bonds is 7. The number of fused-ring (bicyclic) bond motifs is 3. The maximum Gasteiger partial charge on any atom is 0.132 e. The summed E-state index contributed by atoms with van der Waals surface area (Å²) in [6.45, 7) is 4.17. The van der Waals surface area contributed by atoms with E-state index in [1.165, 1.54) is 17.0 Å². The molecule has 0 spiro atoms. The van der Waals surface area contributed by atoms with Gasteiger partial charge in [0.05, 0.1) is 24.0 Å². The number of ether oxygens (including phenoxy) is 1. The van der Waals surface area contributed by atoms with Crippen molar-refractivity contribution in [2.75, 3.05) is 26.3 Å². The standard InChI is InChI=1S/C30H30F2N4O.FH.H2/c1-19-13-26-24-5-2-3-6-28(24)34-29(26)30(36(19)21-14-20(15-21)17-33)25-8-7-22(16-27(25)32)37-23-9-12-35(18-23)11-4-10-31;;/h2-3,5-8,16,19,23,30,34H,4,9-14,18H2,1H3;2*1H/t19-,23?,30-;;/m1../s1. The second-order valence-electron chi connectivity index (χ2n) is 10.3. The van der Waals surface area contributed by atoms with Gasteiger partial charge in [0.25, 0.3) is 0 Å². The minimum absolute atomic E-state index is 0. The molecule has 3 aromatic rings. The molecule has 0 saturated carbocycles. The van der Waals surface area contributed by atoms with Crippen LogP contribution in [-0.2, 0) is 6.42 Å². The molecular weight excluding hydrogens is 489 g/mol. The van der Waals surface area contributed by atoms with E-state index in [0.29, 0.717) is 29.7 Å².